The molecule has 2 heterocycles. The van der Waals surface area contributed by atoms with Crippen molar-refractivity contribution in [2.45, 2.75) is 17.6 Å². The van der Waals surface area contributed by atoms with E-state index >= 15 is 0 Å². The molecule has 7 N–H and O–H groups in total. The molecule has 0 aliphatic carbocycles. The standard InChI is InChI=1S/C15H20N6O5S2/c1-8-5-13(27-10(8)3-4-26-2)28(24,25)21-15(22)19-12-7-9(14(17)20-23)6-11(16)18-12/h5-7,23H,3-4H2,1-2H3,(H2,17,20)(H4,16,18,19,21,22). The van der Waals surface area contributed by atoms with E-state index in [0.29, 0.717) is 13.0 Å². The zero-order valence-electron chi connectivity index (χ0n) is 15.1. The van der Waals surface area contributed by atoms with Gasteiger partial charge < -0.3 is 21.4 Å². The highest BCUT2D eigenvalue weighted by atomic mass is 32.2. The highest BCUT2D eigenvalue weighted by Crippen LogP contribution is 2.26. The number of amidine groups is 1. The quantitative estimate of drug-likeness (QED) is 0.186. The Morgan fingerprint density at radius 1 is 1.39 bits per heavy atom. The molecule has 0 aromatic carbocycles. The number of pyridine rings is 1. The normalized spacial score (nSPS) is 12.0. The van der Waals surface area contributed by atoms with Gasteiger partial charge in [-0.1, -0.05) is 5.16 Å². The van der Waals surface area contributed by atoms with E-state index in [-0.39, 0.29) is 27.2 Å². The van der Waals surface area contributed by atoms with Crippen molar-refractivity contribution in [1.82, 2.24) is 9.71 Å². The fraction of sp³-hybridized carbons (Fsp3) is 0.267. The van der Waals surface area contributed by atoms with Gasteiger partial charge in [-0.25, -0.2) is 22.9 Å². The summed E-state index contributed by atoms with van der Waals surface area (Å²) in [6.45, 7) is 2.24. The molecule has 0 saturated heterocycles. The first-order valence-electron chi connectivity index (χ1n) is 7.83. The van der Waals surface area contributed by atoms with E-state index in [1.165, 1.54) is 18.2 Å². The van der Waals surface area contributed by atoms with E-state index < -0.39 is 16.1 Å². The van der Waals surface area contributed by atoms with Gasteiger partial charge in [-0.05, 0) is 30.7 Å². The molecular formula is C15H20N6O5S2. The second-order valence-corrected chi connectivity index (χ2v) is 8.67. The first-order chi connectivity index (χ1) is 13.2. The van der Waals surface area contributed by atoms with E-state index in [1.54, 1.807) is 14.0 Å². The Hall–Kier alpha value is -2.90. The zero-order chi connectivity index (χ0) is 20.9. The number of amides is 2. The number of carbonyl (C=O) groups is 1. The van der Waals surface area contributed by atoms with Crippen LogP contribution in [0.15, 0.2) is 27.6 Å². The van der Waals surface area contributed by atoms with E-state index in [1.807, 2.05) is 4.72 Å². The molecule has 152 valence electrons. The number of carbonyl (C=O) groups excluding carboxylic acids is 1. The zero-order valence-corrected chi connectivity index (χ0v) is 16.7. The third kappa shape index (κ3) is 5.31. The lowest BCUT2D eigenvalue weighted by Crippen LogP contribution is -2.34. The minimum atomic E-state index is -4.08. The average Bonchev–Trinajstić information content (AvgIpc) is 2.99. The molecule has 2 amide bonds. The number of urea groups is 1. The van der Waals surface area contributed by atoms with E-state index in [0.717, 1.165) is 21.8 Å². The number of nitrogens with one attached hydrogen (secondary N) is 2. The number of aryl methyl sites for hydroxylation is 1. The molecule has 2 aromatic heterocycles. The number of nitrogens with zero attached hydrogens (tertiary/aromatic N) is 2. The molecule has 0 bridgehead atoms. The largest absolute Gasteiger partial charge is 0.409 e. The predicted octanol–water partition coefficient (Wildman–Crippen LogP) is 0.828. The van der Waals surface area contributed by atoms with Crippen LogP contribution in [0, 0.1) is 6.92 Å². The van der Waals surface area contributed by atoms with Crippen LogP contribution in [0.2, 0.25) is 0 Å². The maximum absolute atomic E-state index is 12.5. The first-order valence-corrected chi connectivity index (χ1v) is 10.1. The maximum Gasteiger partial charge on any atom is 0.334 e. The van der Waals surface area contributed by atoms with Crippen LogP contribution in [0.4, 0.5) is 16.4 Å². The second-order valence-electron chi connectivity index (χ2n) is 5.63. The second kappa shape index (κ2) is 8.86. The molecule has 2 rings (SSSR count). The number of aromatic nitrogens is 1. The molecule has 0 unspecified atom stereocenters. The van der Waals surface area contributed by atoms with Crippen molar-refractivity contribution < 1.29 is 23.2 Å². The summed E-state index contributed by atoms with van der Waals surface area (Å²) in [4.78, 5) is 16.8. The Morgan fingerprint density at radius 3 is 2.75 bits per heavy atom. The van der Waals surface area contributed by atoms with Crippen molar-refractivity contribution in [3.63, 3.8) is 0 Å². The van der Waals surface area contributed by atoms with Gasteiger partial charge in [-0.3, -0.25) is 5.32 Å². The van der Waals surface area contributed by atoms with Crippen molar-refractivity contribution in [2.24, 2.45) is 10.9 Å². The number of nitrogen functional groups attached to an aromatic ring is 1. The third-order valence-electron chi connectivity index (χ3n) is 3.51. The van der Waals surface area contributed by atoms with Gasteiger partial charge in [0.1, 0.15) is 15.8 Å². The van der Waals surface area contributed by atoms with Crippen LogP contribution in [0.25, 0.3) is 0 Å². The van der Waals surface area contributed by atoms with Crippen LogP contribution in [-0.2, 0) is 21.2 Å². The van der Waals surface area contributed by atoms with Gasteiger partial charge in [0.05, 0.1) is 6.61 Å². The highest BCUT2D eigenvalue weighted by Gasteiger charge is 2.22. The van der Waals surface area contributed by atoms with Gasteiger partial charge >= 0.3 is 6.03 Å². The minimum Gasteiger partial charge on any atom is -0.409 e. The molecule has 0 spiro atoms. The number of hydrogen-bond acceptors (Lipinski definition) is 9. The van der Waals surface area contributed by atoms with E-state index in [2.05, 4.69) is 15.5 Å². The molecular weight excluding hydrogens is 408 g/mol. The number of sulfonamides is 1. The van der Waals surface area contributed by atoms with Crippen LogP contribution in [0.5, 0.6) is 0 Å². The summed E-state index contributed by atoms with van der Waals surface area (Å²) in [6.07, 6.45) is 0.568. The summed E-state index contributed by atoms with van der Waals surface area (Å²) >= 11 is 1.06. The molecule has 0 aliphatic heterocycles. The summed E-state index contributed by atoms with van der Waals surface area (Å²) in [6, 6.07) is 3.05. The average molecular weight is 428 g/mol. The fourth-order valence-electron chi connectivity index (χ4n) is 2.20. The number of methoxy groups -OCH3 is 1. The number of oxime groups is 1. The molecule has 0 atom stereocenters. The summed E-state index contributed by atoms with van der Waals surface area (Å²) in [5.74, 6) is -0.334. The minimum absolute atomic E-state index is 0.00383. The fourth-order valence-corrected chi connectivity index (χ4v) is 4.68. The number of rotatable bonds is 7. The maximum atomic E-state index is 12.5. The first kappa shape index (κ1) is 21.4. The van der Waals surface area contributed by atoms with Crippen LogP contribution < -0.4 is 21.5 Å². The third-order valence-corrected chi connectivity index (χ3v) is 6.61. The number of nitrogens with two attached hydrogens (primary N) is 2. The lowest BCUT2D eigenvalue weighted by Gasteiger charge is -2.09. The molecule has 0 radical (unpaired) electrons. The van der Waals surface area contributed by atoms with Crippen LogP contribution in [-0.4, -0.2) is 44.2 Å². The van der Waals surface area contributed by atoms with Crippen molar-refractivity contribution in [2.75, 3.05) is 24.8 Å². The van der Waals surface area contributed by atoms with Gasteiger partial charge in [0.2, 0.25) is 0 Å². The SMILES string of the molecule is COCCc1sc(S(=O)(=O)NC(=O)Nc2cc(/C(N)=N/O)cc(N)n2)cc1C. The highest BCUT2D eigenvalue weighted by molar-refractivity contribution is 7.92. The van der Waals surface area contributed by atoms with Gasteiger partial charge in [0.15, 0.2) is 5.84 Å². The number of thiophene rings is 1. The topological polar surface area (TPSA) is 182 Å². The number of ether oxygens (including phenoxy) is 1. The molecule has 28 heavy (non-hydrogen) atoms. The van der Waals surface area contributed by atoms with Crippen molar-refractivity contribution in [3.8, 4) is 0 Å². The Morgan fingerprint density at radius 2 is 2.11 bits per heavy atom. The van der Waals surface area contributed by atoms with Crippen molar-refractivity contribution in [3.05, 3.63) is 34.2 Å². The van der Waals surface area contributed by atoms with Crippen molar-refractivity contribution >= 4 is 44.9 Å². The molecule has 0 fully saturated rings. The van der Waals surface area contributed by atoms with Gasteiger partial charge in [-0.2, -0.15) is 0 Å². The monoisotopic (exact) mass is 428 g/mol. The predicted molar refractivity (Wildman–Crippen MR) is 105 cm³/mol. The van der Waals surface area contributed by atoms with Gasteiger partial charge in [0.25, 0.3) is 10.0 Å². The Kier molecular flexibility index (Phi) is 6.77. The van der Waals surface area contributed by atoms with Gasteiger partial charge in [0, 0.05) is 24.0 Å². The molecule has 0 saturated carbocycles. The van der Waals surface area contributed by atoms with Gasteiger partial charge in [-0.15, -0.1) is 11.3 Å². The lowest BCUT2D eigenvalue weighted by atomic mass is 10.2. The van der Waals surface area contributed by atoms with Crippen LogP contribution >= 0.6 is 11.3 Å². The lowest BCUT2D eigenvalue weighted by molar-refractivity contribution is 0.203. The molecule has 11 nitrogen and oxygen atoms in total. The summed E-state index contributed by atoms with van der Waals surface area (Å²) in [7, 11) is -2.52. The van der Waals surface area contributed by atoms with E-state index in [4.69, 9.17) is 21.4 Å². The Balaban J connectivity index is 2.15. The molecule has 0 aliphatic rings. The molecule has 13 heteroatoms. The van der Waals surface area contributed by atoms with Crippen LogP contribution in [0.1, 0.15) is 16.0 Å². The summed E-state index contributed by atoms with van der Waals surface area (Å²) in [5, 5.41) is 13.8. The number of hydrogen-bond donors (Lipinski definition) is 5. The van der Waals surface area contributed by atoms with Crippen molar-refractivity contribution in [1.29, 1.82) is 0 Å². The Bertz CT molecular complexity index is 1000. The molecule has 2 aromatic rings. The Labute approximate surface area is 165 Å². The number of anilines is 2. The van der Waals surface area contributed by atoms with Crippen LogP contribution in [0.3, 0.4) is 0 Å². The van der Waals surface area contributed by atoms with E-state index in [9.17, 15) is 13.2 Å². The summed E-state index contributed by atoms with van der Waals surface area (Å²) in [5.41, 5.74) is 12.1. The summed E-state index contributed by atoms with van der Waals surface area (Å²) < 4.78 is 31.8. The smallest absolute Gasteiger partial charge is 0.334 e.